The Bertz CT molecular complexity index is 482. The fourth-order valence-corrected chi connectivity index (χ4v) is 2.65. The van der Waals surface area contributed by atoms with Gasteiger partial charge in [-0.1, -0.05) is 18.5 Å². The Labute approximate surface area is 117 Å². The second-order valence-corrected chi connectivity index (χ2v) is 5.39. The normalized spacial score (nSPS) is 16.5. The molecule has 0 aromatic heterocycles. The van der Waals surface area contributed by atoms with Crippen LogP contribution >= 0.6 is 11.6 Å². The lowest BCUT2D eigenvalue weighted by Gasteiger charge is -2.33. The molecule has 104 valence electrons. The molecule has 0 radical (unpaired) electrons. The summed E-state index contributed by atoms with van der Waals surface area (Å²) in [5.41, 5.74) is 0.956. The maximum Gasteiger partial charge on any atom is 0.339 e. The van der Waals surface area contributed by atoms with Gasteiger partial charge >= 0.3 is 5.97 Å². The molecule has 1 aliphatic heterocycles. The van der Waals surface area contributed by atoms with Gasteiger partial charge in [0.2, 0.25) is 0 Å². The summed E-state index contributed by atoms with van der Waals surface area (Å²) in [6.07, 6.45) is 2.25. The number of benzene rings is 1. The zero-order valence-electron chi connectivity index (χ0n) is 11.1. The zero-order valence-corrected chi connectivity index (χ0v) is 11.9. The van der Waals surface area contributed by atoms with Gasteiger partial charge in [-0.2, -0.15) is 0 Å². The second kappa shape index (κ2) is 5.70. The van der Waals surface area contributed by atoms with Crippen LogP contribution in [0.25, 0.3) is 0 Å². The monoisotopic (exact) mass is 283 g/mol. The maximum absolute atomic E-state index is 11.1. The highest BCUT2D eigenvalue weighted by atomic mass is 35.5. The van der Waals surface area contributed by atoms with Gasteiger partial charge in [0.15, 0.2) is 0 Å². The van der Waals surface area contributed by atoms with E-state index in [4.69, 9.17) is 21.4 Å². The summed E-state index contributed by atoms with van der Waals surface area (Å²) in [4.78, 5) is 13.3. The molecule has 4 nitrogen and oxygen atoms in total. The quantitative estimate of drug-likeness (QED) is 0.925. The predicted molar refractivity (Wildman–Crippen MR) is 75.6 cm³/mol. The van der Waals surface area contributed by atoms with E-state index in [2.05, 4.69) is 11.8 Å². The molecule has 0 amide bonds. The Morgan fingerprint density at radius 2 is 2.05 bits per heavy atom. The molecule has 1 fully saturated rings. The number of anilines is 1. The molecule has 1 aliphatic rings. The van der Waals surface area contributed by atoms with E-state index in [1.165, 1.54) is 13.2 Å². The van der Waals surface area contributed by atoms with E-state index in [9.17, 15) is 4.79 Å². The van der Waals surface area contributed by atoms with Crippen LogP contribution in [0.1, 0.15) is 30.1 Å². The van der Waals surface area contributed by atoms with Crippen molar-refractivity contribution in [1.82, 2.24) is 0 Å². The number of nitrogens with zero attached hydrogens (tertiary/aromatic N) is 1. The first-order valence-corrected chi connectivity index (χ1v) is 6.76. The van der Waals surface area contributed by atoms with Crippen LogP contribution in [0.4, 0.5) is 5.69 Å². The summed E-state index contributed by atoms with van der Waals surface area (Å²) in [7, 11) is 1.47. The molecule has 0 bridgehead atoms. The highest BCUT2D eigenvalue weighted by molar-refractivity contribution is 6.33. The van der Waals surface area contributed by atoms with E-state index in [1.54, 1.807) is 6.07 Å². The number of hydrogen-bond acceptors (Lipinski definition) is 3. The number of aromatic carboxylic acids is 1. The molecule has 0 spiro atoms. The molecule has 0 atom stereocenters. The minimum atomic E-state index is -1.03. The first-order chi connectivity index (χ1) is 9.02. The van der Waals surface area contributed by atoms with Gasteiger partial charge in [0.1, 0.15) is 11.3 Å². The van der Waals surface area contributed by atoms with Gasteiger partial charge in [0.05, 0.1) is 17.8 Å². The van der Waals surface area contributed by atoms with Crippen molar-refractivity contribution >= 4 is 23.3 Å². The lowest BCUT2D eigenvalue weighted by molar-refractivity contribution is 0.0693. The molecule has 1 N–H and O–H groups in total. The number of halogens is 1. The van der Waals surface area contributed by atoms with Crippen LogP contribution in [0.5, 0.6) is 5.75 Å². The number of piperidine rings is 1. The molecule has 1 heterocycles. The third-order valence-electron chi connectivity index (χ3n) is 3.62. The van der Waals surface area contributed by atoms with Crippen LogP contribution in [0, 0.1) is 5.92 Å². The van der Waals surface area contributed by atoms with E-state index in [1.807, 2.05) is 0 Å². The van der Waals surface area contributed by atoms with Crippen molar-refractivity contribution in [3.63, 3.8) is 0 Å². The van der Waals surface area contributed by atoms with Crippen LogP contribution in [0.2, 0.25) is 5.02 Å². The van der Waals surface area contributed by atoms with Gasteiger partial charge in [0.25, 0.3) is 0 Å². The van der Waals surface area contributed by atoms with Gasteiger partial charge in [0, 0.05) is 19.2 Å². The van der Waals surface area contributed by atoms with E-state index >= 15 is 0 Å². The molecule has 1 aromatic carbocycles. The molecule has 1 aromatic rings. The average molecular weight is 284 g/mol. The summed E-state index contributed by atoms with van der Waals surface area (Å²) in [6, 6.07) is 3.19. The van der Waals surface area contributed by atoms with Gasteiger partial charge in [-0.15, -0.1) is 0 Å². The molecule has 5 heteroatoms. The fourth-order valence-electron chi connectivity index (χ4n) is 2.37. The number of ether oxygens (including phenoxy) is 1. The number of hydrogen-bond donors (Lipinski definition) is 1. The van der Waals surface area contributed by atoms with Crippen molar-refractivity contribution in [2.75, 3.05) is 25.1 Å². The Balaban J connectivity index is 2.33. The first kappa shape index (κ1) is 14.0. The number of rotatable bonds is 3. The van der Waals surface area contributed by atoms with Crippen molar-refractivity contribution in [3.05, 3.63) is 22.7 Å². The maximum atomic E-state index is 11.1. The van der Waals surface area contributed by atoms with E-state index in [-0.39, 0.29) is 5.56 Å². The summed E-state index contributed by atoms with van der Waals surface area (Å²) < 4.78 is 5.15. The molecule has 1 saturated heterocycles. The van der Waals surface area contributed by atoms with Crippen molar-refractivity contribution in [3.8, 4) is 5.75 Å². The number of carboxylic acid groups (broad SMARTS) is 1. The lowest BCUT2D eigenvalue weighted by Crippen LogP contribution is -2.33. The molecular formula is C14H18ClNO3. The minimum absolute atomic E-state index is 0.0987. The summed E-state index contributed by atoms with van der Waals surface area (Å²) in [6.45, 7) is 4.12. The Hall–Kier alpha value is -1.42. The Morgan fingerprint density at radius 3 is 2.58 bits per heavy atom. The summed E-state index contributed by atoms with van der Waals surface area (Å²) in [5, 5.41) is 9.57. The third-order valence-corrected chi connectivity index (χ3v) is 3.93. The molecule has 2 rings (SSSR count). The Kier molecular flexibility index (Phi) is 4.20. The SMILES string of the molecule is COc1cc(N2CCC(C)CC2)c(Cl)cc1C(=O)O. The van der Waals surface area contributed by atoms with Gasteiger partial charge in [-0.05, 0) is 24.8 Å². The minimum Gasteiger partial charge on any atom is -0.496 e. The van der Waals surface area contributed by atoms with E-state index in [0.717, 1.165) is 37.5 Å². The van der Waals surface area contributed by atoms with E-state index < -0.39 is 5.97 Å². The van der Waals surface area contributed by atoms with Crippen molar-refractivity contribution in [2.45, 2.75) is 19.8 Å². The summed E-state index contributed by atoms with van der Waals surface area (Å²) >= 11 is 6.21. The molecule has 0 aliphatic carbocycles. The number of methoxy groups -OCH3 is 1. The lowest BCUT2D eigenvalue weighted by atomic mass is 9.98. The number of carbonyl (C=O) groups is 1. The van der Waals surface area contributed by atoms with Crippen molar-refractivity contribution in [2.24, 2.45) is 5.92 Å². The fraction of sp³-hybridized carbons (Fsp3) is 0.500. The largest absolute Gasteiger partial charge is 0.496 e. The number of carboxylic acids is 1. The molecular weight excluding hydrogens is 266 g/mol. The average Bonchev–Trinajstić information content (AvgIpc) is 2.39. The smallest absolute Gasteiger partial charge is 0.339 e. The highest BCUT2D eigenvalue weighted by Gasteiger charge is 2.21. The molecule has 19 heavy (non-hydrogen) atoms. The topological polar surface area (TPSA) is 49.8 Å². The van der Waals surface area contributed by atoms with Gasteiger partial charge in [-0.25, -0.2) is 4.79 Å². The second-order valence-electron chi connectivity index (χ2n) is 4.98. The zero-order chi connectivity index (χ0) is 14.0. The van der Waals surface area contributed by atoms with Crippen molar-refractivity contribution in [1.29, 1.82) is 0 Å². The van der Waals surface area contributed by atoms with Crippen LogP contribution < -0.4 is 9.64 Å². The van der Waals surface area contributed by atoms with Crippen molar-refractivity contribution < 1.29 is 14.6 Å². The van der Waals surface area contributed by atoms with Crippen LogP contribution in [0.3, 0.4) is 0 Å². The van der Waals surface area contributed by atoms with Gasteiger partial charge < -0.3 is 14.7 Å². The summed E-state index contributed by atoms with van der Waals surface area (Å²) in [5.74, 6) is 0.0540. The Morgan fingerprint density at radius 1 is 1.42 bits per heavy atom. The standard InChI is InChI=1S/C14H18ClNO3/c1-9-3-5-16(6-4-9)12-8-13(19-2)10(14(17)18)7-11(12)15/h7-9H,3-6H2,1-2H3,(H,17,18). The molecule has 0 saturated carbocycles. The predicted octanol–water partition coefficient (Wildman–Crippen LogP) is 3.28. The van der Waals surface area contributed by atoms with E-state index in [0.29, 0.717) is 10.8 Å². The highest BCUT2D eigenvalue weighted by Crippen LogP contribution is 2.35. The van der Waals surface area contributed by atoms with Gasteiger partial charge in [-0.3, -0.25) is 0 Å². The van der Waals surface area contributed by atoms with Crippen LogP contribution in [0.15, 0.2) is 12.1 Å². The van der Waals surface area contributed by atoms with Crippen LogP contribution in [-0.4, -0.2) is 31.3 Å². The first-order valence-electron chi connectivity index (χ1n) is 6.38. The molecule has 0 unspecified atom stereocenters. The van der Waals surface area contributed by atoms with Crippen LogP contribution in [-0.2, 0) is 0 Å². The third kappa shape index (κ3) is 2.95.